The van der Waals surface area contributed by atoms with Crippen molar-refractivity contribution in [3.63, 3.8) is 0 Å². The predicted molar refractivity (Wildman–Crippen MR) is 79.5 cm³/mol. The van der Waals surface area contributed by atoms with Gasteiger partial charge in [0, 0.05) is 17.7 Å². The maximum absolute atomic E-state index is 12.4. The summed E-state index contributed by atoms with van der Waals surface area (Å²) in [6.07, 6.45) is 3.05. The molecule has 0 aromatic heterocycles. The monoisotopic (exact) mass is 251 g/mol. The zero-order chi connectivity index (χ0) is 14.5. The first kappa shape index (κ1) is 16.9. The van der Waals surface area contributed by atoms with Gasteiger partial charge in [-0.3, -0.25) is 4.79 Å². The van der Waals surface area contributed by atoms with E-state index in [1.807, 2.05) is 32.6 Å². The van der Waals surface area contributed by atoms with E-state index in [1.54, 1.807) is 0 Å². The van der Waals surface area contributed by atoms with E-state index in [1.165, 1.54) is 5.57 Å². The maximum Gasteiger partial charge on any atom is 0.249 e. The van der Waals surface area contributed by atoms with Crippen LogP contribution in [0.15, 0.2) is 23.8 Å². The van der Waals surface area contributed by atoms with Gasteiger partial charge in [-0.2, -0.15) is 0 Å². The molecular weight excluding hydrogens is 222 g/mol. The van der Waals surface area contributed by atoms with Gasteiger partial charge in [0.2, 0.25) is 5.91 Å². The van der Waals surface area contributed by atoms with Crippen molar-refractivity contribution in [1.29, 1.82) is 0 Å². The van der Waals surface area contributed by atoms with Gasteiger partial charge < -0.3 is 4.90 Å². The second-order valence-electron chi connectivity index (χ2n) is 5.84. The molecule has 0 bridgehead atoms. The maximum atomic E-state index is 12.4. The van der Waals surface area contributed by atoms with Crippen molar-refractivity contribution in [2.24, 2.45) is 5.92 Å². The van der Waals surface area contributed by atoms with E-state index in [4.69, 9.17) is 0 Å². The van der Waals surface area contributed by atoms with Crippen molar-refractivity contribution in [2.75, 3.05) is 0 Å². The Labute approximate surface area is 113 Å². The summed E-state index contributed by atoms with van der Waals surface area (Å²) in [5.41, 5.74) is 2.00. The summed E-state index contributed by atoms with van der Waals surface area (Å²) in [7, 11) is 0. The number of carbonyl (C=O) groups excluding carboxylic acids is 1. The molecule has 18 heavy (non-hydrogen) atoms. The highest BCUT2D eigenvalue weighted by atomic mass is 16.2. The van der Waals surface area contributed by atoms with Gasteiger partial charge in [0.1, 0.15) is 0 Å². The minimum Gasteiger partial charge on any atom is -0.334 e. The molecule has 0 aliphatic rings. The molecule has 0 aliphatic heterocycles. The number of hydrogen-bond donors (Lipinski definition) is 0. The van der Waals surface area contributed by atoms with Crippen LogP contribution in [-0.4, -0.2) is 22.9 Å². The third kappa shape index (κ3) is 5.07. The van der Waals surface area contributed by atoms with Gasteiger partial charge >= 0.3 is 0 Å². The molecule has 0 aliphatic carbocycles. The molecular formula is C16H29NO. The molecule has 0 spiro atoms. The lowest BCUT2D eigenvalue weighted by Crippen LogP contribution is -2.43. The van der Waals surface area contributed by atoms with Gasteiger partial charge in [-0.25, -0.2) is 0 Å². The highest BCUT2D eigenvalue weighted by Gasteiger charge is 2.24. The Hall–Kier alpha value is -1.05. The number of nitrogens with zero attached hydrogens (tertiary/aromatic N) is 1. The molecule has 1 amide bonds. The Morgan fingerprint density at radius 3 is 1.89 bits per heavy atom. The third-order valence-electron chi connectivity index (χ3n) is 3.10. The van der Waals surface area contributed by atoms with Gasteiger partial charge in [-0.15, -0.1) is 0 Å². The molecule has 0 saturated heterocycles. The molecule has 0 aromatic rings. The summed E-state index contributed by atoms with van der Waals surface area (Å²) >= 11 is 0. The second kappa shape index (κ2) is 7.40. The first-order valence-electron chi connectivity index (χ1n) is 6.83. The van der Waals surface area contributed by atoms with Crippen molar-refractivity contribution in [1.82, 2.24) is 4.90 Å². The normalized spacial score (nSPS) is 12.5. The Morgan fingerprint density at radius 1 is 1.11 bits per heavy atom. The molecule has 2 nitrogen and oxygen atoms in total. The van der Waals surface area contributed by atoms with Gasteiger partial charge in [-0.1, -0.05) is 25.2 Å². The minimum absolute atomic E-state index is 0.0923. The van der Waals surface area contributed by atoms with Crippen LogP contribution >= 0.6 is 0 Å². The van der Waals surface area contributed by atoms with Crippen molar-refractivity contribution >= 4 is 5.91 Å². The van der Waals surface area contributed by atoms with Crippen molar-refractivity contribution in [3.05, 3.63) is 23.8 Å². The second-order valence-corrected chi connectivity index (χ2v) is 5.84. The highest BCUT2D eigenvalue weighted by molar-refractivity contribution is 5.93. The van der Waals surface area contributed by atoms with Crippen LogP contribution in [0.5, 0.6) is 0 Å². The zero-order valence-electron chi connectivity index (χ0n) is 13.1. The lowest BCUT2D eigenvalue weighted by Gasteiger charge is -2.32. The smallest absolute Gasteiger partial charge is 0.249 e. The largest absolute Gasteiger partial charge is 0.334 e. The van der Waals surface area contributed by atoms with Crippen molar-refractivity contribution in [2.45, 2.75) is 67.0 Å². The van der Waals surface area contributed by atoms with E-state index in [2.05, 4.69) is 33.4 Å². The Kier molecular flexibility index (Phi) is 6.97. The van der Waals surface area contributed by atoms with E-state index in [9.17, 15) is 4.79 Å². The SMILES string of the molecule is C=C(C(=O)N(C(C)C)C(C)C)C(C)CC=C(C)C. The minimum atomic E-state index is 0.0923. The van der Waals surface area contributed by atoms with E-state index < -0.39 is 0 Å². The number of rotatable bonds is 6. The Morgan fingerprint density at radius 2 is 1.56 bits per heavy atom. The molecule has 0 radical (unpaired) electrons. The molecule has 0 rings (SSSR count). The van der Waals surface area contributed by atoms with Gasteiger partial charge in [-0.05, 0) is 53.9 Å². The van der Waals surface area contributed by atoms with E-state index >= 15 is 0 Å². The van der Waals surface area contributed by atoms with Crippen molar-refractivity contribution < 1.29 is 4.79 Å². The lowest BCUT2D eigenvalue weighted by molar-refractivity contribution is -0.131. The van der Waals surface area contributed by atoms with Crippen LogP contribution in [-0.2, 0) is 4.79 Å². The summed E-state index contributed by atoms with van der Waals surface area (Å²) in [6, 6.07) is 0.426. The van der Waals surface area contributed by atoms with E-state index in [-0.39, 0.29) is 23.9 Å². The number of carbonyl (C=O) groups is 1. The summed E-state index contributed by atoms with van der Waals surface area (Å²) < 4.78 is 0. The van der Waals surface area contributed by atoms with Crippen LogP contribution in [0.25, 0.3) is 0 Å². The third-order valence-corrected chi connectivity index (χ3v) is 3.10. The Balaban J connectivity index is 4.76. The van der Waals surface area contributed by atoms with E-state index in [0.717, 1.165) is 12.0 Å². The highest BCUT2D eigenvalue weighted by Crippen LogP contribution is 2.19. The van der Waals surface area contributed by atoms with Crippen LogP contribution in [0.3, 0.4) is 0 Å². The standard InChI is InChI=1S/C16H29NO/c1-11(2)9-10-14(7)15(8)16(18)17(12(3)4)13(5)6/h9,12-14H,8,10H2,1-7H3. The topological polar surface area (TPSA) is 20.3 Å². The fourth-order valence-electron chi connectivity index (χ4n) is 2.00. The van der Waals surface area contributed by atoms with Crippen LogP contribution in [0.4, 0.5) is 0 Å². The number of allylic oxidation sites excluding steroid dienone is 2. The van der Waals surface area contributed by atoms with Gasteiger partial charge in [0.25, 0.3) is 0 Å². The fourth-order valence-corrected chi connectivity index (χ4v) is 2.00. The quantitative estimate of drug-likeness (QED) is 0.512. The summed E-state index contributed by atoms with van der Waals surface area (Å²) in [5.74, 6) is 0.294. The lowest BCUT2D eigenvalue weighted by atomic mass is 9.96. The fraction of sp³-hybridized carbons (Fsp3) is 0.688. The average molecular weight is 251 g/mol. The molecule has 104 valence electrons. The molecule has 1 unspecified atom stereocenters. The summed E-state index contributed by atoms with van der Waals surface area (Å²) in [6.45, 7) is 18.4. The van der Waals surface area contributed by atoms with Crippen LogP contribution in [0.2, 0.25) is 0 Å². The van der Waals surface area contributed by atoms with Gasteiger partial charge in [0.05, 0.1) is 0 Å². The zero-order valence-corrected chi connectivity index (χ0v) is 13.1. The van der Waals surface area contributed by atoms with Crippen LogP contribution in [0, 0.1) is 5.92 Å². The summed E-state index contributed by atoms with van der Waals surface area (Å²) in [4.78, 5) is 14.3. The first-order valence-corrected chi connectivity index (χ1v) is 6.83. The molecule has 0 fully saturated rings. The van der Waals surface area contributed by atoms with Crippen LogP contribution < -0.4 is 0 Å². The van der Waals surface area contributed by atoms with Gasteiger partial charge in [0.15, 0.2) is 0 Å². The molecule has 0 N–H and O–H groups in total. The number of amides is 1. The average Bonchev–Trinajstić information content (AvgIpc) is 2.23. The Bertz CT molecular complexity index is 314. The molecule has 0 saturated carbocycles. The predicted octanol–water partition coefficient (Wildman–Crippen LogP) is 4.18. The molecule has 0 heterocycles. The molecule has 1 atom stereocenters. The van der Waals surface area contributed by atoms with E-state index in [0.29, 0.717) is 0 Å². The number of hydrogen-bond acceptors (Lipinski definition) is 1. The van der Waals surface area contributed by atoms with Crippen LogP contribution in [0.1, 0.15) is 54.9 Å². The molecule has 2 heteroatoms. The van der Waals surface area contributed by atoms with Crippen molar-refractivity contribution in [3.8, 4) is 0 Å². The summed E-state index contributed by atoms with van der Waals surface area (Å²) in [5, 5.41) is 0. The molecule has 0 aromatic carbocycles. The first-order chi connectivity index (χ1) is 8.18.